The van der Waals surface area contributed by atoms with Crippen LogP contribution in [0.5, 0.6) is 0 Å². The molecule has 0 unspecified atom stereocenters. The van der Waals surface area contributed by atoms with Gasteiger partial charge in [-0.3, -0.25) is 9.48 Å². The number of nitrogens with one attached hydrogen (secondary N) is 1. The van der Waals surface area contributed by atoms with Crippen LogP contribution >= 0.6 is 11.3 Å². The van der Waals surface area contributed by atoms with Gasteiger partial charge in [0.15, 0.2) is 0 Å². The Morgan fingerprint density at radius 2 is 1.76 bits per heavy atom. The van der Waals surface area contributed by atoms with Crippen molar-refractivity contribution in [2.45, 2.75) is 82.1 Å². The van der Waals surface area contributed by atoms with E-state index in [1.165, 1.54) is 23.4 Å². The van der Waals surface area contributed by atoms with Crippen LogP contribution in [-0.4, -0.2) is 46.5 Å². The molecule has 4 aromatic rings. The Kier molecular flexibility index (Phi) is 8.81. The number of anilines is 1. The van der Waals surface area contributed by atoms with Gasteiger partial charge >= 0.3 is 6.09 Å². The zero-order valence-corrected chi connectivity index (χ0v) is 27.4. The number of benzene rings is 2. The molecule has 0 spiro atoms. The highest BCUT2D eigenvalue weighted by atomic mass is 32.1. The van der Waals surface area contributed by atoms with Crippen LogP contribution in [0.2, 0.25) is 0 Å². The number of hydrogen-bond acceptors (Lipinski definition) is 6. The number of hydrogen-bond donors (Lipinski definition) is 1. The molecule has 3 saturated carbocycles. The average Bonchev–Trinajstić information content (AvgIpc) is 3.75. The van der Waals surface area contributed by atoms with Gasteiger partial charge in [0.05, 0.1) is 20.8 Å². The van der Waals surface area contributed by atoms with Gasteiger partial charge in [-0.2, -0.15) is 4.39 Å². The zero-order valence-electron chi connectivity index (χ0n) is 26.6. The van der Waals surface area contributed by atoms with E-state index in [1.807, 2.05) is 23.2 Å². The second-order valence-corrected chi connectivity index (χ2v) is 14.4. The molecule has 3 aliphatic rings. The first kappa shape index (κ1) is 30.8. The topological polar surface area (TPSA) is 89.4 Å². The van der Waals surface area contributed by atoms with Crippen LogP contribution in [0.15, 0.2) is 48.7 Å². The van der Waals surface area contributed by atoms with Crippen LogP contribution in [0.3, 0.4) is 0 Å². The number of aryl methyl sites for hydroxylation is 1. The molecule has 2 aromatic carbocycles. The van der Waals surface area contributed by atoms with Gasteiger partial charge < -0.3 is 15.0 Å². The molecule has 2 amide bonds. The molecule has 3 fully saturated rings. The molecular weight excluding hydrogens is 601 g/mol. The number of nitrogens with zero attached hydrogens (tertiary/aromatic N) is 4. The molecule has 8 nitrogen and oxygen atoms in total. The van der Waals surface area contributed by atoms with E-state index in [-0.39, 0.29) is 17.9 Å². The number of carbonyl (C=O) groups is 2. The monoisotopic (exact) mass is 643 g/mol. The van der Waals surface area contributed by atoms with Gasteiger partial charge in [0, 0.05) is 44.4 Å². The van der Waals surface area contributed by atoms with Gasteiger partial charge in [-0.1, -0.05) is 18.2 Å². The molecule has 0 aliphatic heterocycles. The third-order valence-corrected chi connectivity index (χ3v) is 11.5. The third kappa shape index (κ3) is 6.54. The predicted molar refractivity (Wildman–Crippen MR) is 179 cm³/mol. The second kappa shape index (κ2) is 13.1. The van der Waals surface area contributed by atoms with Gasteiger partial charge in [-0.25, -0.2) is 9.78 Å². The Labute approximate surface area is 273 Å². The Hall–Kier alpha value is -3.79. The molecule has 2 aromatic heterocycles. The van der Waals surface area contributed by atoms with E-state index >= 15 is 0 Å². The van der Waals surface area contributed by atoms with Crippen molar-refractivity contribution in [1.29, 1.82) is 0 Å². The minimum atomic E-state index is -0.416. The van der Waals surface area contributed by atoms with Gasteiger partial charge in [0.2, 0.25) is 11.9 Å². The fourth-order valence-corrected chi connectivity index (χ4v) is 8.46. The first-order valence-electron chi connectivity index (χ1n) is 16.7. The molecule has 0 saturated heterocycles. The maximum Gasteiger partial charge on any atom is 0.407 e. The molecule has 1 N–H and O–H groups in total. The number of aromatic nitrogens is 3. The number of ether oxygens (including phenoxy) is 1. The molecule has 46 heavy (non-hydrogen) atoms. The van der Waals surface area contributed by atoms with Gasteiger partial charge in [-0.15, -0.1) is 16.4 Å². The Morgan fingerprint density at radius 1 is 1.00 bits per heavy atom. The predicted octanol–water partition coefficient (Wildman–Crippen LogP) is 7.94. The first-order chi connectivity index (χ1) is 22.4. The van der Waals surface area contributed by atoms with E-state index in [2.05, 4.69) is 40.7 Å². The fourth-order valence-electron chi connectivity index (χ4n) is 7.38. The number of thiazole rings is 1. The molecule has 7 rings (SSSR count). The largest absolute Gasteiger partial charge is 0.446 e. The van der Waals surface area contributed by atoms with Crippen LogP contribution in [0.1, 0.15) is 86.6 Å². The van der Waals surface area contributed by atoms with Crippen LogP contribution in [0.4, 0.5) is 14.9 Å². The Bertz CT molecular complexity index is 1720. The van der Waals surface area contributed by atoms with Gasteiger partial charge in [0.1, 0.15) is 6.10 Å². The summed E-state index contributed by atoms with van der Waals surface area (Å²) < 4.78 is 21.5. The summed E-state index contributed by atoms with van der Waals surface area (Å²) in [7, 11) is 3.33. The fraction of sp³-hybridized carbons (Fsp3) is 0.500. The maximum atomic E-state index is 14.4. The maximum absolute atomic E-state index is 14.4. The minimum Gasteiger partial charge on any atom is -0.446 e. The quantitative estimate of drug-likeness (QED) is 0.211. The normalized spacial score (nSPS) is 23.3. The highest BCUT2D eigenvalue weighted by molar-refractivity contribution is 7.15. The summed E-state index contributed by atoms with van der Waals surface area (Å²) in [4.78, 5) is 33.9. The number of alkyl carbamates (subject to hydrolysis) is 1. The number of fused-ring (bicyclic) bond motifs is 1. The number of halogens is 1. The van der Waals surface area contributed by atoms with E-state index in [9.17, 15) is 14.0 Å². The Balaban J connectivity index is 1.07. The van der Waals surface area contributed by atoms with E-state index in [4.69, 9.17) is 9.72 Å². The number of rotatable bonds is 8. The average molecular weight is 644 g/mol. The summed E-state index contributed by atoms with van der Waals surface area (Å²) >= 11 is 1.77. The van der Waals surface area contributed by atoms with Crippen molar-refractivity contribution in [1.82, 2.24) is 20.1 Å². The molecule has 0 radical (unpaired) electrons. The van der Waals surface area contributed by atoms with E-state index in [0.717, 1.165) is 47.3 Å². The van der Waals surface area contributed by atoms with E-state index in [1.54, 1.807) is 30.1 Å². The molecule has 2 heterocycles. The Morgan fingerprint density at radius 3 is 2.50 bits per heavy atom. The lowest BCUT2D eigenvalue weighted by molar-refractivity contribution is -0.124. The van der Waals surface area contributed by atoms with Crippen LogP contribution in [-0.2, 0) is 16.6 Å². The summed E-state index contributed by atoms with van der Waals surface area (Å²) in [6.07, 6.45) is 10.7. The lowest BCUT2D eigenvalue weighted by Gasteiger charge is -2.36. The molecule has 10 heteroatoms. The van der Waals surface area contributed by atoms with Crippen LogP contribution in [0.25, 0.3) is 21.3 Å². The van der Waals surface area contributed by atoms with Crippen molar-refractivity contribution >= 4 is 39.9 Å². The molecule has 242 valence electrons. The summed E-state index contributed by atoms with van der Waals surface area (Å²) in [5, 5.41) is 8.27. The standard InChI is InChI=1S/C36H42FN5O3S/c1-38-36(44)45-29-15-12-25(13-16-29)35(43)42(28-5-3-4-27(18-28)32-20-39-34(46-32)24-10-11-24)21-22-6-8-23(9-7-22)26-14-17-31-30(19-26)33(37)40-41(31)2/h3-5,14,17-20,22-25,29H,6-13,15-16,21H2,1-2H3,(H,38,44). The molecular formula is C36H42FN5O3S. The highest BCUT2D eigenvalue weighted by Gasteiger charge is 2.34. The van der Waals surface area contributed by atoms with Gasteiger partial charge in [0.25, 0.3) is 0 Å². The van der Waals surface area contributed by atoms with E-state index in [0.29, 0.717) is 55.4 Å². The SMILES string of the molecule is CNC(=O)OC1CCC(C(=O)N(CC2CCC(c3ccc4c(c3)c(F)nn4C)CC2)c2cccc(-c3cnc(C4CC4)s3)c2)CC1. The summed E-state index contributed by atoms with van der Waals surface area (Å²) in [5.74, 6) is 1.01. The lowest BCUT2D eigenvalue weighted by Crippen LogP contribution is -2.42. The van der Waals surface area contributed by atoms with Crippen molar-refractivity contribution in [3.8, 4) is 10.4 Å². The highest BCUT2D eigenvalue weighted by Crippen LogP contribution is 2.44. The van der Waals surface area contributed by atoms with Crippen molar-refractivity contribution in [2.75, 3.05) is 18.5 Å². The minimum absolute atomic E-state index is 0.101. The second-order valence-electron chi connectivity index (χ2n) is 13.4. The molecule has 0 bridgehead atoms. The third-order valence-electron chi connectivity index (χ3n) is 10.2. The van der Waals surface area contributed by atoms with Crippen molar-refractivity contribution in [3.63, 3.8) is 0 Å². The molecule has 3 aliphatic carbocycles. The first-order valence-corrected chi connectivity index (χ1v) is 17.6. The summed E-state index contributed by atoms with van der Waals surface area (Å²) in [5.41, 5.74) is 4.02. The van der Waals surface area contributed by atoms with Crippen LogP contribution in [0, 0.1) is 17.8 Å². The van der Waals surface area contributed by atoms with Crippen molar-refractivity contribution < 1.29 is 18.7 Å². The number of amides is 2. The summed E-state index contributed by atoms with van der Waals surface area (Å²) in [6, 6.07) is 14.5. The van der Waals surface area contributed by atoms with Crippen LogP contribution < -0.4 is 10.2 Å². The lowest BCUT2D eigenvalue weighted by atomic mass is 9.78. The molecule has 0 atom stereocenters. The smallest absolute Gasteiger partial charge is 0.407 e. The summed E-state index contributed by atoms with van der Waals surface area (Å²) in [6.45, 7) is 0.677. The van der Waals surface area contributed by atoms with Crippen molar-refractivity contribution in [2.24, 2.45) is 18.9 Å². The number of carbonyl (C=O) groups excluding carboxylic acids is 2. The van der Waals surface area contributed by atoms with Crippen molar-refractivity contribution in [3.05, 3.63) is 65.2 Å². The zero-order chi connectivity index (χ0) is 31.8. The van der Waals surface area contributed by atoms with Gasteiger partial charge in [-0.05, 0) is 111 Å². The van der Waals surface area contributed by atoms with E-state index < -0.39 is 12.0 Å².